The molecule has 0 aliphatic carbocycles. The summed E-state index contributed by atoms with van der Waals surface area (Å²) >= 11 is 1.62. The third kappa shape index (κ3) is 5.11. The molecule has 1 amide bonds. The molecule has 6 heteroatoms. The van der Waals surface area contributed by atoms with Crippen molar-refractivity contribution in [3.8, 4) is 0 Å². The van der Waals surface area contributed by atoms with Crippen molar-refractivity contribution in [3.63, 3.8) is 0 Å². The van der Waals surface area contributed by atoms with E-state index in [1.807, 2.05) is 25.5 Å². The number of nitrogens with zero attached hydrogens (tertiary/aromatic N) is 1. The molecule has 0 saturated heterocycles. The summed E-state index contributed by atoms with van der Waals surface area (Å²) in [6, 6.07) is 5.88. The van der Waals surface area contributed by atoms with E-state index in [0.717, 1.165) is 12.1 Å². The molecule has 124 valence electrons. The van der Waals surface area contributed by atoms with Crippen molar-refractivity contribution in [2.75, 3.05) is 20.6 Å². The predicted octanol–water partition coefficient (Wildman–Crippen LogP) is 3.38. The van der Waals surface area contributed by atoms with Gasteiger partial charge in [0.25, 0.3) is 0 Å². The molecule has 0 aliphatic rings. The van der Waals surface area contributed by atoms with Crippen molar-refractivity contribution in [2.45, 2.75) is 18.9 Å². The lowest BCUT2D eigenvalue weighted by Gasteiger charge is -2.24. The number of halogens is 2. The van der Waals surface area contributed by atoms with Gasteiger partial charge in [-0.3, -0.25) is 4.79 Å². The van der Waals surface area contributed by atoms with Gasteiger partial charge in [0.05, 0.1) is 6.04 Å². The van der Waals surface area contributed by atoms with E-state index >= 15 is 0 Å². The molecule has 0 aliphatic heterocycles. The second-order valence-corrected chi connectivity index (χ2v) is 6.37. The van der Waals surface area contributed by atoms with Gasteiger partial charge in [-0.05, 0) is 60.6 Å². The second-order valence-electron chi connectivity index (χ2n) is 5.59. The first kappa shape index (κ1) is 17.6. The molecule has 0 fully saturated rings. The normalized spacial score (nSPS) is 12.4. The highest BCUT2D eigenvalue weighted by atomic mass is 32.1. The first-order valence-corrected chi connectivity index (χ1v) is 8.31. The molecule has 1 heterocycles. The highest BCUT2D eigenvalue weighted by Crippen LogP contribution is 2.20. The molecule has 0 saturated carbocycles. The van der Waals surface area contributed by atoms with Crippen LogP contribution in [-0.4, -0.2) is 31.4 Å². The van der Waals surface area contributed by atoms with Crippen LogP contribution in [0.25, 0.3) is 0 Å². The molecule has 0 bridgehead atoms. The lowest BCUT2D eigenvalue weighted by molar-refractivity contribution is -0.121. The molecule has 2 rings (SSSR count). The van der Waals surface area contributed by atoms with Crippen molar-refractivity contribution in [3.05, 3.63) is 57.8 Å². The lowest BCUT2D eigenvalue weighted by Crippen LogP contribution is -2.34. The Hall–Kier alpha value is -1.79. The van der Waals surface area contributed by atoms with Crippen LogP contribution in [0.1, 0.15) is 23.6 Å². The van der Waals surface area contributed by atoms with Crippen LogP contribution in [-0.2, 0) is 11.2 Å². The zero-order valence-electron chi connectivity index (χ0n) is 13.2. The van der Waals surface area contributed by atoms with Crippen LogP contribution in [0, 0.1) is 11.6 Å². The summed E-state index contributed by atoms with van der Waals surface area (Å²) in [5, 5.41) is 6.98. The number of amides is 1. The minimum atomic E-state index is -0.881. The lowest BCUT2D eigenvalue weighted by atomic mass is 10.1. The number of carbonyl (C=O) groups is 1. The molecule has 1 atom stereocenters. The van der Waals surface area contributed by atoms with Crippen molar-refractivity contribution < 1.29 is 13.6 Å². The molecule has 23 heavy (non-hydrogen) atoms. The smallest absolute Gasteiger partial charge is 0.220 e. The molecule has 1 aromatic heterocycles. The molecular weight excluding hydrogens is 318 g/mol. The van der Waals surface area contributed by atoms with E-state index in [-0.39, 0.29) is 18.4 Å². The Labute approximate surface area is 138 Å². The number of thiophene rings is 1. The van der Waals surface area contributed by atoms with Gasteiger partial charge in [0.2, 0.25) is 5.91 Å². The van der Waals surface area contributed by atoms with Crippen LogP contribution in [0.4, 0.5) is 8.78 Å². The van der Waals surface area contributed by atoms with Gasteiger partial charge in [-0.2, -0.15) is 11.3 Å². The quantitative estimate of drug-likeness (QED) is 0.839. The van der Waals surface area contributed by atoms with Gasteiger partial charge in [-0.1, -0.05) is 6.07 Å². The Morgan fingerprint density at radius 1 is 1.26 bits per heavy atom. The number of hydrogen-bond donors (Lipinski definition) is 1. The maximum atomic E-state index is 13.1. The van der Waals surface area contributed by atoms with Crippen LogP contribution in [0.3, 0.4) is 0 Å². The van der Waals surface area contributed by atoms with Crippen LogP contribution < -0.4 is 5.32 Å². The average molecular weight is 338 g/mol. The first-order chi connectivity index (χ1) is 11.0. The molecule has 0 spiro atoms. The fourth-order valence-corrected chi connectivity index (χ4v) is 3.02. The van der Waals surface area contributed by atoms with Gasteiger partial charge in [0.15, 0.2) is 11.6 Å². The summed E-state index contributed by atoms with van der Waals surface area (Å²) in [7, 11) is 3.94. The first-order valence-electron chi connectivity index (χ1n) is 7.36. The summed E-state index contributed by atoms with van der Waals surface area (Å²) < 4.78 is 26.0. The summed E-state index contributed by atoms with van der Waals surface area (Å²) in [6.07, 6.45) is 0.628. The molecular formula is C17H20F2N2OS. The standard InChI is InChI=1S/C17H20F2N2OS/c1-21(2)16(13-7-8-23-11-13)10-20-17(22)6-4-12-3-5-14(18)15(19)9-12/h3,5,7-9,11,16H,4,6,10H2,1-2H3,(H,20,22). The fourth-order valence-electron chi connectivity index (χ4n) is 2.32. The zero-order valence-corrected chi connectivity index (χ0v) is 14.0. The van der Waals surface area contributed by atoms with Crippen LogP contribution in [0.5, 0.6) is 0 Å². The van der Waals surface area contributed by atoms with Gasteiger partial charge in [-0.25, -0.2) is 8.78 Å². The van der Waals surface area contributed by atoms with Crippen molar-refractivity contribution in [1.29, 1.82) is 0 Å². The monoisotopic (exact) mass is 338 g/mol. The third-order valence-corrected chi connectivity index (χ3v) is 4.37. The maximum absolute atomic E-state index is 13.1. The Balaban J connectivity index is 1.83. The summed E-state index contributed by atoms with van der Waals surface area (Å²) in [6.45, 7) is 0.514. The van der Waals surface area contributed by atoms with Gasteiger partial charge in [0.1, 0.15) is 0 Å². The Morgan fingerprint density at radius 2 is 2.04 bits per heavy atom. The maximum Gasteiger partial charge on any atom is 0.220 e. The number of rotatable bonds is 7. The van der Waals surface area contributed by atoms with Crippen LogP contribution >= 0.6 is 11.3 Å². The Morgan fingerprint density at radius 3 is 2.65 bits per heavy atom. The van der Waals surface area contributed by atoms with Crippen molar-refractivity contribution >= 4 is 17.2 Å². The number of aryl methyl sites for hydroxylation is 1. The predicted molar refractivity (Wildman–Crippen MR) is 88.4 cm³/mol. The highest BCUT2D eigenvalue weighted by Gasteiger charge is 2.15. The van der Waals surface area contributed by atoms with Gasteiger partial charge in [0, 0.05) is 13.0 Å². The summed E-state index contributed by atoms with van der Waals surface area (Å²) in [5.74, 6) is -1.85. The Bertz CT molecular complexity index is 644. The van der Waals surface area contributed by atoms with Crippen molar-refractivity contribution in [2.24, 2.45) is 0 Å². The van der Waals surface area contributed by atoms with E-state index < -0.39 is 11.6 Å². The van der Waals surface area contributed by atoms with Gasteiger partial charge >= 0.3 is 0 Å². The van der Waals surface area contributed by atoms with E-state index in [0.29, 0.717) is 18.5 Å². The number of hydrogen-bond acceptors (Lipinski definition) is 3. The van der Waals surface area contributed by atoms with E-state index in [1.54, 1.807) is 11.3 Å². The zero-order chi connectivity index (χ0) is 16.8. The molecule has 2 aromatic rings. The highest BCUT2D eigenvalue weighted by molar-refractivity contribution is 7.07. The molecule has 0 radical (unpaired) electrons. The Kier molecular flexibility index (Phi) is 6.24. The van der Waals surface area contributed by atoms with Crippen LogP contribution in [0.15, 0.2) is 35.0 Å². The summed E-state index contributed by atoms with van der Waals surface area (Å²) in [4.78, 5) is 14.0. The van der Waals surface area contributed by atoms with E-state index in [9.17, 15) is 13.6 Å². The number of nitrogens with one attached hydrogen (secondary N) is 1. The SMILES string of the molecule is CN(C)C(CNC(=O)CCc1ccc(F)c(F)c1)c1ccsc1. The minimum absolute atomic E-state index is 0.100. The number of benzene rings is 1. The van der Waals surface area contributed by atoms with Gasteiger partial charge in [-0.15, -0.1) is 0 Å². The molecule has 3 nitrogen and oxygen atoms in total. The average Bonchev–Trinajstić information content (AvgIpc) is 3.02. The van der Waals surface area contributed by atoms with E-state index in [4.69, 9.17) is 0 Å². The topological polar surface area (TPSA) is 32.3 Å². The molecule has 1 aromatic carbocycles. The van der Waals surface area contributed by atoms with Crippen molar-refractivity contribution in [1.82, 2.24) is 10.2 Å². The van der Waals surface area contributed by atoms with Gasteiger partial charge < -0.3 is 10.2 Å². The molecule has 1 unspecified atom stereocenters. The van der Waals surface area contributed by atoms with E-state index in [1.165, 1.54) is 11.6 Å². The summed E-state index contributed by atoms with van der Waals surface area (Å²) in [5.41, 5.74) is 1.78. The number of carbonyl (C=O) groups excluding carboxylic acids is 1. The minimum Gasteiger partial charge on any atom is -0.354 e. The number of likely N-dealkylation sites (N-methyl/N-ethyl adjacent to an activating group) is 1. The van der Waals surface area contributed by atoms with E-state index in [2.05, 4.69) is 15.6 Å². The van der Waals surface area contributed by atoms with Crippen LogP contribution in [0.2, 0.25) is 0 Å². The second kappa shape index (κ2) is 8.17. The third-order valence-electron chi connectivity index (χ3n) is 3.67. The fraction of sp³-hybridized carbons (Fsp3) is 0.353. The molecule has 1 N–H and O–H groups in total. The largest absolute Gasteiger partial charge is 0.354 e.